The second-order valence-electron chi connectivity index (χ2n) is 13.3. The van der Waals surface area contributed by atoms with Gasteiger partial charge in [0.05, 0.1) is 6.04 Å². The Kier molecular flexibility index (Phi) is 16.2. The first kappa shape index (κ1) is 40.4. The van der Waals surface area contributed by atoms with Crippen molar-refractivity contribution in [3.63, 3.8) is 0 Å². The van der Waals surface area contributed by atoms with Crippen LogP contribution in [0.4, 0.5) is 19.4 Å². The zero-order valence-electron chi connectivity index (χ0n) is 29.0. The lowest BCUT2D eigenvalue weighted by Crippen LogP contribution is -2.42. The highest BCUT2D eigenvalue weighted by Gasteiger charge is 2.21. The van der Waals surface area contributed by atoms with E-state index < -0.39 is 23.3 Å². The highest BCUT2D eigenvalue weighted by molar-refractivity contribution is 9.10. The van der Waals surface area contributed by atoms with Crippen LogP contribution in [0, 0.1) is 23.5 Å². The lowest BCUT2D eigenvalue weighted by molar-refractivity contribution is -0.114. The number of rotatable bonds is 13. The number of amides is 2. The van der Waals surface area contributed by atoms with Crippen molar-refractivity contribution in [2.45, 2.75) is 85.9 Å². The van der Waals surface area contributed by atoms with Gasteiger partial charge in [-0.25, -0.2) is 18.6 Å². The van der Waals surface area contributed by atoms with Crippen molar-refractivity contribution < 1.29 is 32.6 Å². The van der Waals surface area contributed by atoms with Crippen molar-refractivity contribution in [3.05, 3.63) is 70.8 Å². The predicted molar refractivity (Wildman–Crippen MR) is 189 cm³/mol. The van der Waals surface area contributed by atoms with Crippen molar-refractivity contribution >= 4 is 33.7 Å². The molecule has 1 heterocycles. The summed E-state index contributed by atoms with van der Waals surface area (Å²) in [6.07, 6.45) is 2.59. The van der Waals surface area contributed by atoms with Gasteiger partial charge in [0.15, 0.2) is 23.1 Å². The van der Waals surface area contributed by atoms with E-state index in [1.165, 1.54) is 19.1 Å². The fourth-order valence-corrected chi connectivity index (χ4v) is 4.85. The molecule has 0 radical (unpaired) electrons. The Hall–Kier alpha value is -3.77. The first-order chi connectivity index (χ1) is 22.4. The van der Waals surface area contributed by atoms with Crippen molar-refractivity contribution in [2.24, 2.45) is 17.6 Å². The van der Waals surface area contributed by atoms with Crippen LogP contribution in [0.1, 0.15) is 68.2 Å². The standard InChI is InChI=1S/C19H24FN3O2.C17H25BrFNO3/c1-12(2)8-16(21)11-25-18-5-4-14(9-17(18)20)15-6-7-22-19(10-15)23-13(3)24;1-11(2)8-13(20-16(21)23-17(3,4)5)10-22-15-7-6-12(18)9-14(15)19/h4-7,9-10,12,16H,8,11,21H2,1-3H3,(H,22,23,24);6-7,9,11,13H,8,10H2,1-5H3,(H,20,21)/t16-;13-/m00/s1. The van der Waals surface area contributed by atoms with Gasteiger partial charge < -0.3 is 30.6 Å². The molecule has 3 rings (SSSR count). The Morgan fingerprint density at radius 1 is 0.875 bits per heavy atom. The smallest absolute Gasteiger partial charge is 0.407 e. The van der Waals surface area contributed by atoms with Gasteiger partial charge in [0.2, 0.25) is 5.91 Å². The van der Waals surface area contributed by atoms with Crippen molar-refractivity contribution in [2.75, 3.05) is 18.5 Å². The molecule has 0 aliphatic carbocycles. The topological polar surface area (TPSA) is 125 Å². The van der Waals surface area contributed by atoms with Gasteiger partial charge in [-0.1, -0.05) is 49.7 Å². The number of anilines is 1. The number of carbonyl (C=O) groups is 2. The third-order valence-electron chi connectivity index (χ3n) is 6.37. The highest BCUT2D eigenvalue weighted by atomic mass is 79.9. The summed E-state index contributed by atoms with van der Waals surface area (Å²) < 4.78 is 45.0. The molecule has 0 saturated heterocycles. The number of carbonyl (C=O) groups excluding carboxylic acids is 2. The molecule has 0 spiro atoms. The molecule has 264 valence electrons. The molecule has 3 aromatic rings. The van der Waals surface area contributed by atoms with Crippen LogP contribution in [0.25, 0.3) is 11.1 Å². The molecular formula is C36H49BrF2N4O5. The van der Waals surface area contributed by atoms with Crippen LogP contribution < -0.4 is 25.8 Å². The summed E-state index contributed by atoms with van der Waals surface area (Å²) in [5.74, 6) is 0.477. The number of nitrogens with one attached hydrogen (secondary N) is 2. The molecule has 0 unspecified atom stereocenters. The largest absolute Gasteiger partial charge is 0.489 e. The third kappa shape index (κ3) is 15.9. The molecule has 12 heteroatoms. The fourth-order valence-electron chi connectivity index (χ4n) is 4.52. The number of aromatic nitrogens is 1. The van der Waals surface area contributed by atoms with Crippen LogP contribution in [0.15, 0.2) is 59.2 Å². The van der Waals surface area contributed by atoms with E-state index in [9.17, 15) is 18.4 Å². The number of pyridine rings is 1. The lowest BCUT2D eigenvalue weighted by Gasteiger charge is -2.24. The Morgan fingerprint density at radius 3 is 2.02 bits per heavy atom. The van der Waals surface area contributed by atoms with Crippen LogP contribution in [-0.2, 0) is 9.53 Å². The third-order valence-corrected chi connectivity index (χ3v) is 6.86. The van der Waals surface area contributed by atoms with Gasteiger partial charge in [0, 0.05) is 23.6 Å². The Morgan fingerprint density at radius 2 is 1.46 bits per heavy atom. The zero-order chi connectivity index (χ0) is 36.0. The monoisotopic (exact) mass is 734 g/mol. The van der Waals surface area contributed by atoms with E-state index in [2.05, 4.69) is 45.4 Å². The first-order valence-electron chi connectivity index (χ1n) is 15.9. The Bertz CT molecular complexity index is 1480. The van der Waals surface area contributed by atoms with E-state index in [-0.39, 0.29) is 42.7 Å². The average Bonchev–Trinajstić information content (AvgIpc) is 2.94. The summed E-state index contributed by atoms with van der Waals surface area (Å²) in [6.45, 7) is 15.5. The number of alkyl carbamates (subject to hydrolysis) is 1. The SMILES string of the molecule is CC(=O)Nc1cc(-c2ccc(OC[C@@H](N)CC(C)C)c(F)c2)ccn1.CC(C)C[C@@H](COc1ccc(Br)cc1F)NC(=O)OC(C)(C)C. The number of hydrogen-bond acceptors (Lipinski definition) is 7. The van der Waals surface area contributed by atoms with E-state index in [0.717, 1.165) is 12.0 Å². The molecule has 0 aliphatic heterocycles. The lowest BCUT2D eigenvalue weighted by atomic mass is 10.0. The molecular weight excluding hydrogens is 686 g/mol. The minimum atomic E-state index is -0.564. The number of benzene rings is 2. The summed E-state index contributed by atoms with van der Waals surface area (Å²) in [4.78, 5) is 27.1. The van der Waals surface area contributed by atoms with Gasteiger partial charge in [-0.05, 0) is 99.0 Å². The van der Waals surface area contributed by atoms with E-state index in [1.807, 2.05) is 13.8 Å². The second kappa shape index (κ2) is 19.3. The molecule has 9 nitrogen and oxygen atoms in total. The quantitative estimate of drug-likeness (QED) is 0.161. The maximum atomic E-state index is 14.3. The minimum absolute atomic E-state index is 0.125. The number of ether oxygens (including phenoxy) is 3. The van der Waals surface area contributed by atoms with Crippen molar-refractivity contribution in [1.29, 1.82) is 0 Å². The summed E-state index contributed by atoms with van der Waals surface area (Å²) in [5, 5.41) is 5.39. The molecule has 0 saturated carbocycles. The molecule has 0 fully saturated rings. The number of hydrogen-bond donors (Lipinski definition) is 3. The maximum absolute atomic E-state index is 14.3. The van der Waals surface area contributed by atoms with E-state index >= 15 is 0 Å². The van der Waals surface area contributed by atoms with Gasteiger partial charge in [-0.2, -0.15) is 0 Å². The molecule has 2 aromatic carbocycles. The fraction of sp³-hybridized carbons (Fsp3) is 0.472. The van der Waals surface area contributed by atoms with Crippen LogP contribution in [0.3, 0.4) is 0 Å². The van der Waals surface area contributed by atoms with Gasteiger partial charge in [0.25, 0.3) is 0 Å². The highest BCUT2D eigenvalue weighted by Crippen LogP contribution is 2.27. The van der Waals surface area contributed by atoms with Crippen LogP contribution in [-0.4, -0.2) is 47.9 Å². The van der Waals surface area contributed by atoms with E-state index in [0.29, 0.717) is 34.1 Å². The summed E-state index contributed by atoms with van der Waals surface area (Å²) >= 11 is 3.20. The summed E-state index contributed by atoms with van der Waals surface area (Å²) in [5.41, 5.74) is 6.82. The van der Waals surface area contributed by atoms with Gasteiger partial charge in [0.1, 0.15) is 24.6 Å². The minimum Gasteiger partial charge on any atom is -0.489 e. The maximum Gasteiger partial charge on any atom is 0.407 e. The van der Waals surface area contributed by atoms with Gasteiger partial charge >= 0.3 is 6.09 Å². The number of nitrogens with zero attached hydrogens (tertiary/aromatic N) is 1. The molecule has 48 heavy (non-hydrogen) atoms. The number of halogens is 3. The summed E-state index contributed by atoms with van der Waals surface area (Å²) in [7, 11) is 0. The van der Waals surface area contributed by atoms with E-state index in [4.69, 9.17) is 19.9 Å². The molecule has 1 aromatic heterocycles. The number of nitrogens with two attached hydrogens (primary N) is 1. The van der Waals surface area contributed by atoms with Gasteiger partial charge in [-0.3, -0.25) is 4.79 Å². The van der Waals surface area contributed by atoms with Crippen molar-refractivity contribution in [1.82, 2.24) is 10.3 Å². The Labute approximate surface area is 291 Å². The normalized spacial score (nSPS) is 12.5. The van der Waals surface area contributed by atoms with Crippen LogP contribution >= 0.6 is 15.9 Å². The van der Waals surface area contributed by atoms with Crippen LogP contribution in [0.2, 0.25) is 0 Å². The van der Waals surface area contributed by atoms with Gasteiger partial charge in [-0.15, -0.1) is 0 Å². The van der Waals surface area contributed by atoms with Crippen LogP contribution in [0.5, 0.6) is 11.5 Å². The van der Waals surface area contributed by atoms with Crippen molar-refractivity contribution in [3.8, 4) is 22.6 Å². The molecule has 0 aliphatic rings. The molecule has 2 atom stereocenters. The average molecular weight is 736 g/mol. The second-order valence-corrected chi connectivity index (χ2v) is 14.2. The summed E-state index contributed by atoms with van der Waals surface area (Å²) in [6, 6.07) is 12.4. The molecule has 2 amide bonds. The van der Waals surface area contributed by atoms with E-state index in [1.54, 1.807) is 63.4 Å². The molecule has 0 bridgehead atoms. The predicted octanol–water partition coefficient (Wildman–Crippen LogP) is 8.50. The zero-order valence-corrected chi connectivity index (χ0v) is 30.6. The molecule has 4 N–H and O–H groups in total. The Balaban J connectivity index is 0.000000335. The first-order valence-corrected chi connectivity index (χ1v) is 16.7.